The van der Waals surface area contributed by atoms with Gasteiger partial charge < -0.3 is 5.11 Å². The first-order chi connectivity index (χ1) is 5.51. The Morgan fingerprint density at radius 1 is 1.42 bits per heavy atom. The lowest BCUT2D eigenvalue weighted by molar-refractivity contribution is -0.795. The SMILES string of the molecule is NNCC(CO)([N+](=O)[O-])[N+](=O)[O-]. The maximum Gasteiger partial charge on any atom is 0.493 e. The minimum Gasteiger partial charge on any atom is -0.382 e. The van der Waals surface area contributed by atoms with E-state index in [1.807, 2.05) is 0 Å². The highest BCUT2D eigenvalue weighted by atomic mass is 16.7. The molecule has 9 heteroatoms. The van der Waals surface area contributed by atoms with E-state index in [1.165, 1.54) is 0 Å². The Hall–Kier alpha value is -1.32. The van der Waals surface area contributed by atoms with Gasteiger partial charge in [-0.2, -0.15) is 0 Å². The largest absolute Gasteiger partial charge is 0.493 e. The van der Waals surface area contributed by atoms with Crippen LogP contribution in [0.5, 0.6) is 0 Å². The number of rotatable bonds is 5. The Bertz CT molecular complexity index is 179. The predicted molar refractivity (Wildman–Crippen MR) is 36.0 cm³/mol. The van der Waals surface area contributed by atoms with Crippen molar-refractivity contribution in [3.05, 3.63) is 20.2 Å². The van der Waals surface area contributed by atoms with Crippen LogP contribution in [0.15, 0.2) is 0 Å². The molecule has 0 spiro atoms. The van der Waals surface area contributed by atoms with Crippen LogP contribution in [0.1, 0.15) is 0 Å². The lowest BCUT2D eigenvalue weighted by Crippen LogP contribution is -2.57. The molecule has 0 bridgehead atoms. The maximum absolute atomic E-state index is 10.2. The van der Waals surface area contributed by atoms with Gasteiger partial charge in [0.2, 0.25) is 0 Å². The second-order valence-corrected chi connectivity index (χ2v) is 2.04. The number of nitrogens with zero attached hydrogens (tertiary/aromatic N) is 2. The third-order valence-electron chi connectivity index (χ3n) is 1.32. The number of nitrogens with one attached hydrogen (secondary N) is 1. The molecule has 0 saturated heterocycles. The summed E-state index contributed by atoms with van der Waals surface area (Å²) in [6, 6.07) is 0. The number of aliphatic hydroxyl groups is 1. The first-order valence-corrected chi connectivity index (χ1v) is 2.84. The summed E-state index contributed by atoms with van der Waals surface area (Å²) in [7, 11) is 0. The van der Waals surface area contributed by atoms with Gasteiger partial charge in [0, 0.05) is 0 Å². The van der Waals surface area contributed by atoms with Crippen molar-refractivity contribution in [3.63, 3.8) is 0 Å². The first-order valence-electron chi connectivity index (χ1n) is 2.84. The zero-order valence-electron chi connectivity index (χ0n) is 5.97. The Balaban J connectivity index is 4.76. The highest BCUT2D eigenvalue weighted by molar-refractivity contribution is 4.66. The van der Waals surface area contributed by atoms with Gasteiger partial charge in [-0.15, -0.1) is 0 Å². The van der Waals surface area contributed by atoms with E-state index >= 15 is 0 Å². The van der Waals surface area contributed by atoms with Crippen molar-refractivity contribution < 1.29 is 15.0 Å². The van der Waals surface area contributed by atoms with Gasteiger partial charge in [-0.3, -0.25) is 26.1 Å². The molecule has 70 valence electrons. The molecule has 0 aromatic heterocycles. The van der Waals surface area contributed by atoms with Crippen molar-refractivity contribution in [2.75, 3.05) is 13.2 Å². The normalized spacial score (nSPS) is 11.2. The van der Waals surface area contributed by atoms with E-state index in [0.717, 1.165) is 0 Å². The summed E-state index contributed by atoms with van der Waals surface area (Å²) in [5.74, 6) is 4.70. The van der Waals surface area contributed by atoms with E-state index in [2.05, 4.69) is 0 Å². The molecule has 9 nitrogen and oxygen atoms in total. The Morgan fingerprint density at radius 2 is 1.83 bits per heavy atom. The molecule has 0 aromatic carbocycles. The number of hydrazine groups is 1. The Kier molecular flexibility index (Phi) is 3.47. The van der Waals surface area contributed by atoms with Crippen molar-refractivity contribution in [1.29, 1.82) is 0 Å². The van der Waals surface area contributed by atoms with Crippen LogP contribution in [-0.2, 0) is 0 Å². The van der Waals surface area contributed by atoms with Crippen molar-refractivity contribution >= 4 is 0 Å². The third kappa shape index (κ3) is 1.64. The average molecular weight is 180 g/mol. The lowest BCUT2D eigenvalue weighted by Gasteiger charge is -2.13. The third-order valence-corrected chi connectivity index (χ3v) is 1.32. The van der Waals surface area contributed by atoms with Gasteiger partial charge in [-0.05, 0) is 0 Å². The number of hydrogen-bond donors (Lipinski definition) is 3. The van der Waals surface area contributed by atoms with Crippen LogP contribution in [0.4, 0.5) is 0 Å². The van der Waals surface area contributed by atoms with Crippen LogP contribution < -0.4 is 11.3 Å². The molecular formula is C3H8N4O5. The van der Waals surface area contributed by atoms with Crippen LogP contribution in [0.25, 0.3) is 0 Å². The van der Waals surface area contributed by atoms with Crippen LogP contribution >= 0.6 is 0 Å². The average Bonchev–Trinajstić information content (AvgIpc) is 1.98. The molecule has 0 aliphatic carbocycles. The lowest BCUT2D eigenvalue weighted by atomic mass is 10.2. The van der Waals surface area contributed by atoms with Crippen LogP contribution in [0, 0.1) is 20.2 Å². The van der Waals surface area contributed by atoms with E-state index in [4.69, 9.17) is 10.9 Å². The Labute approximate surface area is 66.4 Å². The zero-order valence-corrected chi connectivity index (χ0v) is 5.97. The van der Waals surface area contributed by atoms with Gasteiger partial charge in [0.15, 0.2) is 13.2 Å². The summed E-state index contributed by atoms with van der Waals surface area (Å²) >= 11 is 0. The molecule has 0 saturated carbocycles. The summed E-state index contributed by atoms with van der Waals surface area (Å²) < 4.78 is 0. The highest BCUT2D eigenvalue weighted by Crippen LogP contribution is 2.07. The topological polar surface area (TPSA) is 145 Å². The summed E-state index contributed by atoms with van der Waals surface area (Å²) in [5, 5.41) is 28.9. The Morgan fingerprint density at radius 3 is 1.92 bits per heavy atom. The van der Waals surface area contributed by atoms with E-state index in [-0.39, 0.29) is 0 Å². The minimum atomic E-state index is -2.64. The van der Waals surface area contributed by atoms with E-state index < -0.39 is 28.7 Å². The minimum absolute atomic E-state index is 0.733. The smallest absolute Gasteiger partial charge is 0.382 e. The van der Waals surface area contributed by atoms with E-state index in [9.17, 15) is 20.2 Å². The summed E-state index contributed by atoms with van der Waals surface area (Å²) in [6.45, 7) is -1.94. The summed E-state index contributed by atoms with van der Waals surface area (Å²) in [4.78, 5) is 18.0. The molecule has 0 rings (SSSR count). The molecule has 0 unspecified atom stereocenters. The van der Waals surface area contributed by atoms with Crippen molar-refractivity contribution in [3.8, 4) is 0 Å². The fourth-order valence-electron chi connectivity index (χ4n) is 0.531. The van der Waals surface area contributed by atoms with Gasteiger partial charge in [0.25, 0.3) is 0 Å². The molecule has 0 fully saturated rings. The molecule has 0 aromatic rings. The molecule has 0 radical (unpaired) electrons. The van der Waals surface area contributed by atoms with Gasteiger partial charge in [0.05, 0.1) is 0 Å². The molecule has 0 atom stereocenters. The van der Waals surface area contributed by atoms with Crippen molar-refractivity contribution in [2.45, 2.75) is 5.66 Å². The molecule has 0 aliphatic rings. The molecular weight excluding hydrogens is 172 g/mol. The number of aliphatic hydroxyl groups excluding tert-OH is 1. The van der Waals surface area contributed by atoms with Crippen LogP contribution in [-0.4, -0.2) is 33.8 Å². The van der Waals surface area contributed by atoms with E-state index in [1.54, 1.807) is 5.43 Å². The monoisotopic (exact) mass is 180 g/mol. The standard InChI is InChI=1S/C3H8N4O5/c4-5-1-3(2-8,6(9)10)7(11)12/h5,8H,1-2,4H2. The molecule has 0 heterocycles. The number of nitrogens with two attached hydrogens (primary N) is 1. The van der Waals surface area contributed by atoms with Gasteiger partial charge in [-0.1, -0.05) is 0 Å². The van der Waals surface area contributed by atoms with Gasteiger partial charge >= 0.3 is 5.66 Å². The zero-order chi connectivity index (χ0) is 9.78. The van der Waals surface area contributed by atoms with Crippen molar-refractivity contribution in [1.82, 2.24) is 5.43 Å². The van der Waals surface area contributed by atoms with Crippen LogP contribution in [0.2, 0.25) is 0 Å². The van der Waals surface area contributed by atoms with Crippen LogP contribution in [0.3, 0.4) is 0 Å². The first kappa shape index (κ1) is 10.7. The maximum atomic E-state index is 10.2. The molecule has 4 N–H and O–H groups in total. The summed E-state index contributed by atoms with van der Waals surface area (Å²) in [5.41, 5.74) is -0.865. The van der Waals surface area contributed by atoms with Gasteiger partial charge in [-0.25, -0.2) is 5.43 Å². The van der Waals surface area contributed by atoms with Gasteiger partial charge in [0.1, 0.15) is 9.85 Å². The quantitative estimate of drug-likeness (QED) is 0.186. The predicted octanol–water partition coefficient (Wildman–Crippen LogP) is -2.31. The fourth-order valence-corrected chi connectivity index (χ4v) is 0.531. The second kappa shape index (κ2) is 3.90. The highest BCUT2D eigenvalue weighted by Gasteiger charge is 2.55. The molecule has 0 amide bonds. The molecule has 0 aliphatic heterocycles. The number of nitro groups is 2. The number of hydrogen-bond acceptors (Lipinski definition) is 7. The summed E-state index contributed by atoms with van der Waals surface area (Å²) in [6.07, 6.45) is 0. The second-order valence-electron chi connectivity index (χ2n) is 2.04. The molecule has 12 heavy (non-hydrogen) atoms. The van der Waals surface area contributed by atoms with E-state index in [0.29, 0.717) is 0 Å². The fraction of sp³-hybridized carbons (Fsp3) is 1.00. The van der Waals surface area contributed by atoms with Crippen molar-refractivity contribution in [2.24, 2.45) is 5.84 Å².